The quantitative estimate of drug-likeness (QED) is 0.417. The molecule has 1 aromatic heterocycles. The Morgan fingerprint density at radius 1 is 1.00 bits per heavy atom. The van der Waals surface area contributed by atoms with Gasteiger partial charge >= 0.3 is 0 Å². The number of hydrogen-bond donors (Lipinski definition) is 1. The number of hydrogen-bond acceptors (Lipinski definition) is 6. The molecule has 4 aromatic rings. The normalized spacial score (nSPS) is 11.8. The highest BCUT2D eigenvalue weighted by Gasteiger charge is 2.16. The lowest BCUT2D eigenvalue weighted by Crippen LogP contribution is -2.32. The smallest absolute Gasteiger partial charge is 0.274 e. The summed E-state index contributed by atoms with van der Waals surface area (Å²) in [5, 5.41) is 16.4. The number of benzene rings is 3. The first kappa shape index (κ1) is 22.2. The fraction of sp³-hybridized carbons (Fsp3) is 0.192. The standard InChI is InChI=1S/C26H24N2O5/c1-17(29)19-12-13-23(24(14-19)32-2)33-16-20(30)15-28-26(31)22-11-7-6-10-21(22)25(27-28)18-8-4-3-5-9-18/h3-14,20,30H,15-16H2,1-2H3. The van der Waals surface area contributed by atoms with E-state index in [4.69, 9.17) is 9.47 Å². The molecule has 168 valence electrons. The molecule has 7 nitrogen and oxygen atoms in total. The van der Waals surface area contributed by atoms with E-state index in [1.165, 1.54) is 18.7 Å². The van der Waals surface area contributed by atoms with Gasteiger partial charge in [-0.3, -0.25) is 9.59 Å². The maximum Gasteiger partial charge on any atom is 0.274 e. The molecule has 0 aliphatic carbocycles. The van der Waals surface area contributed by atoms with Crippen LogP contribution in [0.25, 0.3) is 22.0 Å². The first-order valence-electron chi connectivity index (χ1n) is 10.5. The number of methoxy groups -OCH3 is 1. The van der Waals surface area contributed by atoms with Crippen LogP contribution in [0.2, 0.25) is 0 Å². The monoisotopic (exact) mass is 444 g/mol. The fourth-order valence-electron chi connectivity index (χ4n) is 3.61. The molecule has 0 spiro atoms. The first-order chi connectivity index (χ1) is 16.0. The van der Waals surface area contributed by atoms with Gasteiger partial charge in [0.2, 0.25) is 0 Å². The van der Waals surface area contributed by atoms with E-state index < -0.39 is 6.10 Å². The lowest BCUT2D eigenvalue weighted by atomic mass is 10.1. The van der Waals surface area contributed by atoms with Crippen molar-refractivity contribution in [2.75, 3.05) is 13.7 Å². The van der Waals surface area contributed by atoms with Gasteiger partial charge in [-0.25, -0.2) is 4.68 Å². The summed E-state index contributed by atoms with van der Waals surface area (Å²) in [6, 6.07) is 21.7. The van der Waals surface area contributed by atoms with Crippen LogP contribution in [0.5, 0.6) is 11.5 Å². The SMILES string of the molecule is COc1cc(C(C)=O)ccc1OCC(O)Cn1nc(-c2ccccc2)c2ccccc2c1=O. The molecule has 0 amide bonds. The largest absolute Gasteiger partial charge is 0.493 e. The Hall–Kier alpha value is -3.97. The number of aromatic nitrogens is 2. The molecule has 1 atom stereocenters. The Morgan fingerprint density at radius 3 is 2.39 bits per heavy atom. The van der Waals surface area contributed by atoms with Crippen LogP contribution in [0.15, 0.2) is 77.6 Å². The molecule has 7 heteroatoms. The van der Waals surface area contributed by atoms with Crippen LogP contribution < -0.4 is 15.0 Å². The molecule has 1 unspecified atom stereocenters. The van der Waals surface area contributed by atoms with E-state index in [1.807, 2.05) is 42.5 Å². The van der Waals surface area contributed by atoms with Gasteiger partial charge in [0.15, 0.2) is 17.3 Å². The van der Waals surface area contributed by atoms with Crippen LogP contribution in [0.3, 0.4) is 0 Å². The summed E-state index contributed by atoms with van der Waals surface area (Å²) in [6.45, 7) is 1.34. The van der Waals surface area contributed by atoms with Gasteiger partial charge < -0.3 is 14.6 Å². The number of fused-ring (bicyclic) bond motifs is 1. The van der Waals surface area contributed by atoms with E-state index in [-0.39, 0.29) is 24.5 Å². The Bertz CT molecular complexity index is 1350. The fourth-order valence-corrected chi connectivity index (χ4v) is 3.61. The molecule has 0 fully saturated rings. The number of Topliss-reactive ketones (excluding diaryl/α,β-unsaturated/α-hetero) is 1. The van der Waals surface area contributed by atoms with Crippen LogP contribution in [0, 0.1) is 0 Å². The molecule has 33 heavy (non-hydrogen) atoms. The Morgan fingerprint density at radius 2 is 1.70 bits per heavy atom. The molecule has 0 saturated carbocycles. The van der Waals surface area contributed by atoms with E-state index in [0.29, 0.717) is 28.1 Å². The number of aliphatic hydroxyl groups is 1. The minimum Gasteiger partial charge on any atom is -0.493 e. The molecule has 0 bridgehead atoms. The molecule has 1 N–H and O–H groups in total. The summed E-state index contributed by atoms with van der Waals surface area (Å²) >= 11 is 0. The second kappa shape index (κ2) is 9.67. The molecular formula is C26H24N2O5. The number of carbonyl (C=O) groups is 1. The third kappa shape index (κ3) is 4.78. The van der Waals surface area contributed by atoms with Crippen molar-refractivity contribution in [3.8, 4) is 22.8 Å². The minimum atomic E-state index is -1.00. The highest BCUT2D eigenvalue weighted by molar-refractivity contribution is 5.95. The number of aliphatic hydroxyl groups excluding tert-OH is 1. The summed E-state index contributed by atoms with van der Waals surface area (Å²) in [5.74, 6) is 0.698. The average Bonchev–Trinajstić information content (AvgIpc) is 2.84. The topological polar surface area (TPSA) is 90.7 Å². The number of nitrogens with zero attached hydrogens (tertiary/aromatic N) is 2. The van der Waals surface area contributed by atoms with Gasteiger partial charge in [0.1, 0.15) is 12.7 Å². The van der Waals surface area contributed by atoms with Gasteiger partial charge in [0.05, 0.1) is 24.7 Å². The number of ketones is 1. The van der Waals surface area contributed by atoms with Crippen molar-refractivity contribution < 1.29 is 19.4 Å². The van der Waals surface area contributed by atoms with E-state index >= 15 is 0 Å². The Balaban J connectivity index is 1.59. The van der Waals surface area contributed by atoms with E-state index in [1.54, 1.807) is 30.3 Å². The summed E-state index contributed by atoms with van der Waals surface area (Å²) in [6.07, 6.45) is -1.00. The molecule has 4 rings (SSSR count). The highest BCUT2D eigenvalue weighted by Crippen LogP contribution is 2.28. The third-order valence-electron chi connectivity index (χ3n) is 5.30. The van der Waals surface area contributed by atoms with Gasteiger partial charge in [-0.15, -0.1) is 0 Å². The molecule has 3 aromatic carbocycles. The maximum absolute atomic E-state index is 13.0. The lowest BCUT2D eigenvalue weighted by Gasteiger charge is -2.17. The first-order valence-corrected chi connectivity index (χ1v) is 10.5. The van der Waals surface area contributed by atoms with Crippen molar-refractivity contribution in [2.24, 2.45) is 0 Å². The zero-order chi connectivity index (χ0) is 23.4. The zero-order valence-electron chi connectivity index (χ0n) is 18.4. The molecule has 1 heterocycles. The van der Waals surface area contributed by atoms with Gasteiger partial charge in [-0.1, -0.05) is 48.5 Å². The van der Waals surface area contributed by atoms with E-state index in [9.17, 15) is 14.7 Å². The zero-order valence-corrected chi connectivity index (χ0v) is 18.4. The van der Waals surface area contributed by atoms with Crippen LogP contribution >= 0.6 is 0 Å². The predicted octanol–water partition coefficient (Wildman–Crippen LogP) is 3.71. The second-order valence-electron chi connectivity index (χ2n) is 7.63. The minimum absolute atomic E-state index is 0.0443. The summed E-state index contributed by atoms with van der Waals surface area (Å²) in [5.41, 5.74) is 1.76. The van der Waals surface area contributed by atoms with Crippen LogP contribution in [0.4, 0.5) is 0 Å². The van der Waals surface area contributed by atoms with Crippen LogP contribution in [0.1, 0.15) is 17.3 Å². The van der Waals surface area contributed by atoms with E-state index in [0.717, 1.165) is 10.9 Å². The Kier molecular flexibility index (Phi) is 6.51. The highest BCUT2D eigenvalue weighted by atomic mass is 16.5. The molecular weight excluding hydrogens is 420 g/mol. The van der Waals surface area contributed by atoms with Crippen molar-refractivity contribution in [1.82, 2.24) is 9.78 Å². The number of ether oxygens (including phenoxy) is 2. The van der Waals surface area contributed by atoms with Crippen molar-refractivity contribution in [2.45, 2.75) is 19.6 Å². The van der Waals surface area contributed by atoms with Crippen molar-refractivity contribution in [1.29, 1.82) is 0 Å². The van der Waals surface area contributed by atoms with Crippen molar-refractivity contribution in [3.05, 3.63) is 88.7 Å². The van der Waals surface area contributed by atoms with Gasteiger partial charge in [0, 0.05) is 16.5 Å². The molecule has 0 aliphatic rings. The summed E-state index contributed by atoms with van der Waals surface area (Å²) < 4.78 is 12.3. The van der Waals surface area contributed by atoms with Crippen molar-refractivity contribution >= 4 is 16.6 Å². The number of carbonyl (C=O) groups excluding carboxylic acids is 1. The molecule has 0 radical (unpaired) electrons. The van der Waals surface area contributed by atoms with Gasteiger partial charge in [-0.05, 0) is 31.2 Å². The van der Waals surface area contributed by atoms with Crippen LogP contribution in [-0.2, 0) is 6.54 Å². The molecule has 0 aliphatic heterocycles. The molecule has 0 saturated heterocycles. The average molecular weight is 444 g/mol. The maximum atomic E-state index is 13.0. The second-order valence-corrected chi connectivity index (χ2v) is 7.63. The Labute approximate surface area is 190 Å². The third-order valence-corrected chi connectivity index (χ3v) is 5.30. The number of rotatable bonds is 8. The van der Waals surface area contributed by atoms with Crippen molar-refractivity contribution in [3.63, 3.8) is 0 Å². The van der Waals surface area contributed by atoms with Gasteiger partial charge in [-0.2, -0.15) is 5.10 Å². The lowest BCUT2D eigenvalue weighted by molar-refractivity contribution is 0.0867. The summed E-state index contributed by atoms with van der Waals surface area (Å²) in [4.78, 5) is 24.6. The summed E-state index contributed by atoms with van der Waals surface area (Å²) in [7, 11) is 1.48. The van der Waals surface area contributed by atoms with E-state index in [2.05, 4.69) is 5.10 Å². The van der Waals surface area contributed by atoms with Gasteiger partial charge in [0.25, 0.3) is 5.56 Å². The predicted molar refractivity (Wildman–Crippen MR) is 126 cm³/mol. The van der Waals surface area contributed by atoms with Crippen LogP contribution in [-0.4, -0.2) is 40.5 Å².